The van der Waals surface area contributed by atoms with E-state index in [0.717, 1.165) is 16.1 Å². The van der Waals surface area contributed by atoms with E-state index in [9.17, 15) is 18.0 Å². The van der Waals surface area contributed by atoms with Gasteiger partial charge in [0.1, 0.15) is 0 Å². The summed E-state index contributed by atoms with van der Waals surface area (Å²) in [6.45, 7) is 2.22. The Morgan fingerprint density at radius 1 is 1.20 bits per heavy atom. The second-order valence-electron chi connectivity index (χ2n) is 7.18. The minimum absolute atomic E-state index is 0.0208. The first-order valence-electron chi connectivity index (χ1n) is 9.24. The third-order valence-electron chi connectivity index (χ3n) is 5.12. The van der Waals surface area contributed by atoms with E-state index in [0.29, 0.717) is 28.3 Å². The smallest absolute Gasteiger partial charge is 0.323 e. The maximum absolute atomic E-state index is 12.8. The van der Waals surface area contributed by atoms with E-state index in [1.165, 1.54) is 11.8 Å². The first kappa shape index (κ1) is 18.9. The Bertz CT molecular complexity index is 1390. The van der Waals surface area contributed by atoms with Crippen molar-refractivity contribution >= 4 is 49.6 Å². The van der Waals surface area contributed by atoms with Crippen LogP contribution in [0.5, 0.6) is 0 Å². The summed E-state index contributed by atoms with van der Waals surface area (Å²) in [5.74, 6) is -0.263. The molecule has 3 heterocycles. The molecule has 0 fully saturated rings. The zero-order valence-corrected chi connectivity index (χ0v) is 17.4. The summed E-state index contributed by atoms with van der Waals surface area (Å²) in [6.07, 6.45) is 0. The summed E-state index contributed by atoms with van der Waals surface area (Å²) in [7, 11) is -3.42. The van der Waals surface area contributed by atoms with Crippen LogP contribution in [0.15, 0.2) is 50.5 Å². The number of carbonyl (C=O) groups excluding carboxylic acids is 1. The van der Waals surface area contributed by atoms with E-state index in [1.807, 2.05) is 30.0 Å². The van der Waals surface area contributed by atoms with Crippen LogP contribution in [0.3, 0.4) is 0 Å². The molecule has 3 aromatic rings. The molecule has 154 valence electrons. The maximum Gasteiger partial charge on any atom is 0.323 e. The highest BCUT2D eigenvalue weighted by Crippen LogP contribution is 2.42. The number of thioether (sulfide) groups is 1. The van der Waals surface area contributed by atoms with Crippen molar-refractivity contribution in [1.29, 1.82) is 0 Å². The lowest BCUT2D eigenvalue weighted by Crippen LogP contribution is -2.35. The van der Waals surface area contributed by atoms with Gasteiger partial charge in [-0.15, -0.1) is 4.40 Å². The van der Waals surface area contributed by atoms with E-state index in [2.05, 4.69) is 19.7 Å². The van der Waals surface area contributed by atoms with Crippen molar-refractivity contribution in [3.63, 3.8) is 0 Å². The molecule has 2 aliphatic heterocycles. The molecule has 1 unspecified atom stereocenters. The van der Waals surface area contributed by atoms with Crippen LogP contribution in [0.2, 0.25) is 0 Å². The molecule has 1 atom stereocenters. The Hall–Kier alpha value is -3.05. The van der Waals surface area contributed by atoms with Gasteiger partial charge in [-0.1, -0.05) is 6.07 Å². The van der Waals surface area contributed by atoms with Gasteiger partial charge in [-0.05, 0) is 54.6 Å². The van der Waals surface area contributed by atoms with E-state index < -0.39 is 10.0 Å². The van der Waals surface area contributed by atoms with Gasteiger partial charge in [0.2, 0.25) is 0 Å². The number of carbonyl (C=O) groups is 1. The molecule has 2 aromatic carbocycles. The second-order valence-corrected chi connectivity index (χ2v) is 9.94. The van der Waals surface area contributed by atoms with Crippen LogP contribution in [0.4, 0.5) is 5.69 Å². The summed E-state index contributed by atoms with van der Waals surface area (Å²) in [4.78, 5) is 32.3. The molecule has 11 heteroatoms. The lowest BCUT2D eigenvalue weighted by Gasteiger charge is -2.22. The molecule has 0 saturated carbocycles. The third kappa shape index (κ3) is 3.29. The van der Waals surface area contributed by atoms with Crippen LogP contribution in [-0.4, -0.2) is 41.8 Å². The van der Waals surface area contributed by atoms with Crippen LogP contribution in [-0.2, 0) is 10.0 Å². The van der Waals surface area contributed by atoms with Gasteiger partial charge in [-0.3, -0.25) is 4.79 Å². The average Bonchev–Trinajstić information content (AvgIpc) is 3.23. The number of amidine groups is 1. The molecule has 0 radical (unpaired) electrons. The average molecular weight is 444 g/mol. The first-order valence-corrected chi connectivity index (χ1v) is 11.7. The Labute approximate surface area is 175 Å². The van der Waals surface area contributed by atoms with E-state index in [1.54, 1.807) is 18.2 Å². The van der Waals surface area contributed by atoms with Crippen LogP contribution >= 0.6 is 11.8 Å². The van der Waals surface area contributed by atoms with Gasteiger partial charge in [-0.2, -0.15) is 0 Å². The van der Waals surface area contributed by atoms with Gasteiger partial charge < -0.3 is 20.2 Å². The molecule has 30 heavy (non-hydrogen) atoms. The summed E-state index contributed by atoms with van der Waals surface area (Å²) in [5.41, 5.74) is 3.31. The molecule has 3 N–H and O–H groups in total. The number of nitrogens with zero attached hydrogens (tertiary/aromatic N) is 2. The number of hydrogen-bond donors (Lipinski definition) is 3. The lowest BCUT2D eigenvalue weighted by atomic mass is 10.1. The Kier molecular flexibility index (Phi) is 4.26. The SMILES string of the molecule is CC(NC(=O)c1ccc2c(c1)SC1=NS(=O)(=O)CCN12)c1ccc2[nH]c(=O)[nH]c2c1. The third-order valence-corrected chi connectivity index (χ3v) is 7.43. The van der Waals surface area contributed by atoms with Crippen molar-refractivity contribution in [2.45, 2.75) is 17.9 Å². The zero-order chi connectivity index (χ0) is 21.0. The summed E-state index contributed by atoms with van der Waals surface area (Å²) < 4.78 is 27.3. The number of aromatic nitrogens is 2. The van der Waals surface area contributed by atoms with Crippen molar-refractivity contribution in [1.82, 2.24) is 15.3 Å². The molecule has 1 aromatic heterocycles. The van der Waals surface area contributed by atoms with Gasteiger partial charge in [0, 0.05) is 17.0 Å². The number of anilines is 1. The standard InChI is InChI=1S/C19H17N5O4S2/c1-10(11-2-4-13-14(8-11)22-18(26)21-13)20-17(25)12-3-5-15-16(9-12)29-19-23-30(27,28)7-6-24(15)19/h2-5,8-10H,6-7H2,1H3,(H,20,25)(H2,21,22,26). The number of rotatable bonds is 3. The van der Waals surface area contributed by atoms with Crippen molar-refractivity contribution in [2.24, 2.45) is 4.40 Å². The Morgan fingerprint density at radius 2 is 2.00 bits per heavy atom. The Morgan fingerprint density at radius 3 is 2.83 bits per heavy atom. The summed E-state index contributed by atoms with van der Waals surface area (Å²) >= 11 is 1.25. The number of fused-ring (bicyclic) bond motifs is 4. The molecular formula is C19H17N5O4S2. The number of amides is 1. The van der Waals surface area contributed by atoms with Gasteiger partial charge in [0.15, 0.2) is 5.17 Å². The molecular weight excluding hydrogens is 426 g/mol. The minimum atomic E-state index is -3.42. The quantitative estimate of drug-likeness (QED) is 0.568. The molecule has 0 saturated heterocycles. The number of sulfonamides is 1. The minimum Gasteiger partial charge on any atom is -0.346 e. The predicted molar refractivity (Wildman–Crippen MR) is 116 cm³/mol. The number of H-pyrrole nitrogens is 2. The monoisotopic (exact) mass is 443 g/mol. The summed E-state index contributed by atoms with van der Waals surface area (Å²) in [5, 5.41) is 3.39. The Balaban J connectivity index is 1.36. The van der Waals surface area contributed by atoms with Gasteiger partial charge in [0.05, 0.1) is 28.5 Å². The first-order chi connectivity index (χ1) is 14.3. The molecule has 0 bridgehead atoms. The molecule has 2 aliphatic rings. The van der Waals surface area contributed by atoms with E-state index in [4.69, 9.17) is 0 Å². The predicted octanol–water partition coefficient (Wildman–Crippen LogP) is 1.96. The van der Waals surface area contributed by atoms with Gasteiger partial charge in [-0.25, -0.2) is 13.2 Å². The normalized spacial score (nSPS) is 17.9. The van der Waals surface area contributed by atoms with Crippen molar-refractivity contribution in [2.75, 3.05) is 17.2 Å². The highest BCUT2D eigenvalue weighted by molar-refractivity contribution is 8.15. The fourth-order valence-electron chi connectivity index (χ4n) is 3.55. The van der Waals surface area contributed by atoms with E-state index in [-0.39, 0.29) is 23.4 Å². The molecule has 1 amide bonds. The highest BCUT2D eigenvalue weighted by atomic mass is 32.2. The molecule has 0 spiro atoms. The summed E-state index contributed by atoms with van der Waals surface area (Å²) in [6, 6.07) is 10.5. The number of imidazole rings is 1. The van der Waals surface area contributed by atoms with Crippen LogP contribution < -0.4 is 15.9 Å². The molecule has 0 aliphatic carbocycles. The highest BCUT2D eigenvalue weighted by Gasteiger charge is 2.33. The van der Waals surface area contributed by atoms with Crippen LogP contribution in [0.25, 0.3) is 11.0 Å². The number of nitrogens with one attached hydrogen (secondary N) is 3. The van der Waals surface area contributed by atoms with Crippen molar-refractivity contribution in [3.05, 3.63) is 58.0 Å². The number of aromatic amines is 2. The van der Waals surface area contributed by atoms with Crippen molar-refractivity contribution in [3.8, 4) is 0 Å². The lowest BCUT2D eigenvalue weighted by molar-refractivity contribution is 0.0939. The van der Waals surface area contributed by atoms with Gasteiger partial charge in [0.25, 0.3) is 15.9 Å². The van der Waals surface area contributed by atoms with Crippen LogP contribution in [0.1, 0.15) is 28.9 Å². The van der Waals surface area contributed by atoms with Gasteiger partial charge >= 0.3 is 5.69 Å². The fourth-order valence-corrected chi connectivity index (χ4v) is 5.85. The fraction of sp³-hybridized carbons (Fsp3) is 0.211. The molecule has 9 nitrogen and oxygen atoms in total. The second kappa shape index (κ2) is 6.74. The maximum atomic E-state index is 12.8. The van der Waals surface area contributed by atoms with E-state index >= 15 is 0 Å². The zero-order valence-electron chi connectivity index (χ0n) is 15.8. The number of hydrogen-bond acceptors (Lipinski definition) is 6. The number of benzene rings is 2. The van der Waals surface area contributed by atoms with Crippen LogP contribution in [0, 0.1) is 0 Å². The van der Waals surface area contributed by atoms with Crippen molar-refractivity contribution < 1.29 is 13.2 Å². The largest absolute Gasteiger partial charge is 0.346 e. The molecule has 5 rings (SSSR count). The topological polar surface area (TPSA) is 127 Å².